The molecule has 8 nitrogen and oxygen atoms in total. The van der Waals surface area contributed by atoms with Crippen molar-refractivity contribution in [2.24, 2.45) is 0 Å². The van der Waals surface area contributed by atoms with Crippen molar-refractivity contribution in [2.45, 2.75) is 38.5 Å². The highest BCUT2D eigenvalue weighted by Crippen LogP contribution is 2.21. The number of rotatable bonds is 1. The van der Waals surface area contributed by atoms with E-state index in [1.165, 1.54) is 0 Å². The van der Waals surface area contributed by atoms with E-state index in [1.54, 1.807) is 12.4 Å². The molecular weight excluding hydrogens is 236 g/mol. The Balaban J connectivity index is 1.53. The zero-order chi connectivity index (χ0) is 11.9. The molecule has 0 saturated heterocycles. The molecule has 0 N–H and O–H groups in total. The monoisotopic (exact) mass is 248 g/mol. The van der Waals surface area contributed by atoms with Crippen LogP contribution in [0.15, 0.2) is 12.4 Å². The van der Waals surface area contributed by atoms with Gasteiger partial charge in [0.25, 0.3) is 0 Å². The van der Waals surface area contributed by atoms with Crippen molar-refractivity contribution >= 4 is 0 Å². The summed E-state index contributed by atoms with van der Waals surface area (Å²) in [6, 6.07) is 0. The molecule has 0 unspecified atom stereocenters. The lowest BCUT2D eigenvalue weighted by Gasteiger charge is -2.32. The number of fused-ring (bicyclic) bond motifs is 2. The maximum absolute atomic E-state index is 5.81. The fraction of sp³-hybridized carbons (Fsp3) is 0.600. The normalized spacial score (nSPS) is 26.7. The number of nitrogens with zero attached hydrogens (tertiary/aromatic N) is 6. The Labute approximate surface area is 102 Å². The lowest BCUT2D eigenvalue weighted by molar-refractivity contribution is -0.123. The molecule has 18 heavy (non-hydrogen) atoms. The van der Waals surface area contributed by atoms with Gasteiger partial charge in [0.1, 0.15) is 12.2 Å². The molecule has 0 fully saturated rings. The standard InChI is InChI=1S/C10H12N6O2/c1-7-5-17-9(3-15(7)13-11-1)10-4-16-8(6-18-10)2-12-14-16/h1-2,9-10H,3-6H2/t9-,10+. The molecule has 0 bridgehead atoms. The quantitative estimate of drug-likeness (QED) is 0.668. The van der Waals surface area contributed by atoms with Crippen LogP contribution >= 0.6 is 0 Å². The second-order valence-corrected chi connectivity index (χ2v) is 4.51. The van der Waals surface area contributed by atoms with Gasteiger partial charge in [0.15, 0.2) is 0 Å². The van der Waals surface area contributed by atoms with Crippen LogP contribution in [0.2, 0.25) is 0 Å². The van der Waals surface area contributed by atoms with Crippen LogP contribution in [0.4, 0.5) is 0 Å². The zero-order valence-corrected chi connectivity index (χ0v) is 9.64. The van der Waals surface area contributed by atoms with E-state index in [4.69, 9.17) is 9.47 Å². The Morgan fingerprint density at radius 2 is 1.39 bits per heavy atom. The van der Waals surface area contributed by atoms with Crippen molar-refractivity contribution in [1.29, 1.82) is 0 Å². The molecule has 0 amide bonds. The molecule has 8 heteroatoms. The highest BCUT2D eigenvalue weighted by Gasteiger charge is 2.32. The molecule has 2 aliphatic heterocycles. The van der Waals surface area contributed by atoms with Gasteiger partial charge in [-0.25, -0.2) is 9.36 Å². The van der Waals surface area contributed by atoms with Gasteiger partial charge in [0.05, 0.1) is 50.1 Å². The summed E-state index contributed by atoms with van der Waals surface area (Å²) in [5.41, 5.74) is 2.01. The van der Waals surface area contributed by atoms with Gasteiger partial charge in [-0.15, -0.1) is 10.2 Å². The first-order valence-corrected chi connectivity index (χ1v) is 5.88. The van der Waals surface area contributed by atoms with Gasteiger partial charge in [-0.3, -0.25) is 0 Å². The van der Waals surface area contributed by atoms with Crippen molar-refractivity contribution in [3.8, 4) is 0 Å². The molecule has 4 rings (SSSR count). The van der Waals surface area contributed by atoms with Crippen LogP contribution in [0.5, 0.6) is 0 Å². The van der Waals surface area contributed by atoms with Crippen molar-refractivity contribution in [1.82, 2.24) is 30.0 Å². The van der Waals surface area contributed by atoms with Crippen molar-refractivity contribution in [3.05, 3.63) is 23.8 Å². The van der Waals surface area contributed by atoms with Gasteiger partial charge in [-0.05, 0) is 0 Å². The molecule has 0 radical (unpaired) electrons. The summed E-state index contributed by atoms with van der Waals surface area (Å²) >= 11 is 0. The van der Waals surface area contributed by atoms with Crippen molar-refractivity contribution in [3.63, 3.8) is 0 Å². The SMILES string of the molecule is c1nnn2c1CO[C@H]([C@H]1Cn3nncc3CO1)C2. The van der Waals surface area contributed by atoms with Gasteiger partial charge in [0.2, 0.25) is 0 Å². The molecular formula is C10H12N6O2. The topological polar surface area (TPSA) is 79.9 Å². The molecule has 2 aromatic heterocycles. The fourth-order valence-corrected chi connectivity index (χ4v) is 2.37. The maximum atomic E-state index is 5.81. The van der Waals surface area contributed by atoms with Crippen LogP contribution in [0.25, 0.3) is 0 Å². The molecule has 0 spiro atoms. The number of hydrogen-bond acceptors (Lipinski definition) is 6. The maximum Gasteiger partial charge on any atom is 0.106 e. The summed E-state index contributed by atoms with van der Waals surface area (Å²) in [5.74, 6) is 0. The van der Waals surface area contributed by atoms with Crippen molar-refractivity contribution in [2.75, 3.05) is 0 Å². The van der Waals surface area contributed by atoms with E-state index in [2.05, 4.69) is 20.6 Å². The lowest BCUT2D eigenvalue weighted by Crippen LogP contribution is -2.43. The first kappa shape index (κ1) is 10.2. The minimum Gasteiger partial charge on any atom is -0.367 e. The van der Waals surface area contributed by atoms with Crippen molar-refractivity contribution < 1.29 is 9.47 Å². The van der Waals surface area contributed by atoms with Gasteiger partial charge in [-0.1, -0.05) is 10.4 Å². The van der Waals surface area contributed by atoms with E-state index in [9.17, 15) is 0 Å². The molecule has 94 valence electrons. The van der Waals surface area contributed by atoms with Crippen LogP contribution in [-0.2, 0) is 35.8 Å². The highest BCUT2D eigenvalue weighted by molar-refractivity contribution is 4.98. The van der Waals surface area contributed by atoms with Gasteiger partial charge < -0.3 is 9.47 Å². The molecule has 0 aromatic carbocycles. The number of hydrogen-bond donors (Lipinski definition) is 0. The van der Waals surface area contributed by atoms with Gasteiger partial charge >= 0.3 is 0 Å². The summed E-state index contributed by atoms with van der Waals surface area (Å²) in [6.45, 7) is 2.40. The van der Waals surface area contributed by atoms with Crippen LogP contribution in [0.3, 0.4) is 0 Å². The Bertz CT molecular complexity index is 514. The van der Waals surface area contributed by atoms with E-state index in [0.717, 1.165) is 11.4 Å². The Morgan fingerprint density at radius 1 is 0.889 bits per heavy atom. The van der Waals surface area contributed by atoms with Gasteiger partial charge in [-0.2, -0.15) is 0 Å². The average molecular weight is 248 g/mol. The van der Waals surface area contributed by atoms with Crippen LogP contribution in [-0.4, -0.2) is 42.2 Å². The van der Waals surface area contributed by atoms with Crippen LogP contribution < -0.4 is 0 Å². The van der Waals surface area contributed by atoms with E-state index < -0.39 is 0 Å². The Kier molecular flexibility index (Phi) is 2.17. The minimum absolute atomic E-state index is 0.0171. The Hall–Kier alpha value is -1.80. The largest absolute Gasteiger partial charge is 0.367 e. The average Bonchev–Trinajstić information content (AvgIpc) is 3.05. The van der Waals surface area contributed by atoms with E-state index >= 15 is 0 Å². The summed E-state index contributed by atoms with van der Waals surface area (Å²) in [6.07, 6.45) is 3.43. The third-order valence-electron chi connectivity index (χ3n) is 3.41. The first-order chi connectivity index (χ1) is 8.90. The molecule has 2 aliphatic rings. The molecule has 0 aliphatic carbocycles. The predicted molar refractivity (Wildman–Crippen MR) is 57.2 cm³/mol. The molecule has 4 heterocycles. The zero-order valence-electron chi connectivity index (χ0n) is 9.64. The molecule has 2 atom stereocenters. The highest BCUT2D eigenvalue weighted by atomic mass is 16.5. The summed E-state index contributed by atoms with van der Waals surface area (Å²) in [7, 11) is 0. The molecule has 2 aromatic rings. The third kappa shape index (κ3) is 1.53. The van der Waals surface area contributed by atoms with E-state index in [1.807, 2.05) is 9.36 Å². The second-order valence-electron chi connectivity index (χ2n) is 4.51. The first-order valence-electron chi connectivity index (χ1n) is 5.88. The van der Waals surface area contributed by atoms with Crippen LogP contribution in [0, 0.1) is 0 Å². The van der Waals surface area contributed by atoms with Gasteiger partial charge in [0, 0.05) is 0 Å². The van der Waals surface area contributed by atoms with E-state index in [-0.39, 0.29) is 12.2 Å². The number of ether oxygens (including phenoxy) is 2. The predicted octanol–water partition coefficient (Wildman–Crippen LogP) is -0.633. The summed E-state index contributed by atoms with van der Waals surface area (Å²) in [4.78, 5) is 0. The second kappa shape index (κ2) is 3.85. The lowest BCUT2D eigenvalue weighted by atomic mass is 10.1. The van der Waals surface area contributed by atoms with Crippen LogP contribution in [0.1, 0.15) is 11.4 Å². The smallest absolute Gasteiger partial charge is 0.106 e. The summed E-state index contributed by atoms with van der Waals surface area (Å²) in [5, 5.41) is 15.8. The Morgan fingerprint density at radius 3 is 1.89 bits per heavy atom. The summed E-state index contributed by atoms with van der Waals surface area (Å²) < 4.78 is 15.4. The van der Waals surface area contributed by atoms with E-state index in [0.29, 0.717) is 26.3 Å². The fourth-order valence-electron chi connectivity index (χ4n) is 2.37. The third-order valence-corrected chi connectivity index (χ3v) is 3.41. The minimum atomic E-state index is -0.0171. The molecule has 0 saturated carbocycles. The number of aromatic nitrogens is 6.